The molecule has 0 N–H and O–H groups in total. The van der Waals surface area contributed by atoms with Gasteiger partial charge in [-0.25, -0.2) is 4.98 Å². The number of para-hydroxylation sites is 1. The van der Waals surface area contributed by atoms with Crippen LogP contribution in [0.2, 0.25) is 0 Å². The number of nitrogens with zero attached hydrogens (tertiary/aromatic N) is 2. The number of imidazole rings is 1. The molecule has 4 nitrogen and oxygen atoms in total. The Morgan fingerprint density at radius 1 is 1.33 bits per heavy atom. The Labute approximate surface area is 104 Å². The molecule has 18 heavy (non-hydrogen) atoms. The molecule has 4 heteroatoms. The summed E-state index contributed by atoms with van der Waals surface area (Å²) in [5, 5.41) is 0. The van der Waals surface area contributed by atoms with E-state index in [0.717, 1.165) is 17.8 Å². The van der Waals surface area contributed by atoms with Gasteiger partial charge in [0.15, 0.2) is 0 Å². The van der Waals surface area contributed by atoms with E-state index in [1.54, 1.807) is 6.33 Å². The highest BCUT2D eigenvalue weighted by atomic mass is 16.5. The Morgan fingerprint density at radius 3 is 2.83 bits per heavy atom. The topological polar surface area (TPSA) is 44.1 Å². The Morgan fingerprint density at radius 2 is 2.17 bits per heavy atom. The maximum atomic E-state index is 11.8. The van der Waals surface area contributed by atoms with Crippen molar-refractivity contribution in [3.05, 3.63) is 48.5 Å². The fourth-order valence-electron chi connectivity index (χ4n) is 2.80. The minimum atomic E-state index is -0.431. The first-order chi connectivity index (χ1) is 8.80. The predicted molar refractivity (Wildman–Crippen MR) is 64.3 cm³/mol. The number of benzene rings is 1. The Kier molecular flexibility index (Phi) is 1.77. The average Bonchev–Trinajstić information content (AvgIpc) is 2.80. The summed E-state index contributed by atoms with van der Waals surface area (Å²) in [6, 6.07) is 9.97. The smallest absolute Gasteiger partial charge is 0.318 e. The number of ether oxygens (including phenoxy) is 1. The van der Waals surface area contributed by atoms with E-state index in [9.17, 15) is 4.79 Å². The second kappa shape index (κ2) is 3.22. The van der Waals surface area contributed by atoms with Crippen LogP contribution in [0.25, 0.3) is 5.69 Å². The van der Waals surface area contributed by atoms with E-state index < -0.39 is 5.41 Å². The van der Waals surface area contributed by atoms with Crippen LogP contribution in [0.1, 0.15) is 12.1 Å². The molecule has 1 saturated heterocycles. The molecule has 0 spiro atoms. The van der Waals surface area contributed by atoms with Gasteiger partial charge in [0.25, 0.3) is 0 Å². The van der Waals surface area contributed by atoms with Crippen molar-refractivity contribution in [3.63, 3.8) is 0 Å². The molecule has 2 heterocycles. The summed E-state index contributed by atoms with van der Waals surface area (Å²) >= 11 is 0. The molecule has 2 atom stereocenters. The standard InChI is InChI=1S/C14H12N2O2/c17-13-14(6-10(14)8-18-13)12-7-16(9-15-12)11-4-2-1-3-5-11/h1-5,7,9-10H,6,8H2/t10-,14-/m1/s1. The summed E-state index contributed by atoms with van der Waals surface area (Å²) in [5.74, 6) is 0.231. The fraction of sp³-hybridized carbons (Fsp3) is 0.286. The Balaban J connectivity index is 1.74. The molecule has 2 aliphatic rings. The lowest BCUT2D eigenvalue weighted by Crippen LogP contribution is -2.19. The molecular formula is C14H12N2O2. The number of hydrogen-bond donors (Lipinski definition) is 0. The fourth-order valence-corrected chi connectivity index (χ4v) is 2.80. The quantitative estimate of drug-likeness (QED) is 0.750. The Bertz CT molecular complexity index is 620. The molecule has 1 aromatic heterocycles. The average molecular weight is 240 g/mol. The van der Waals surface area contributed by atoms with Crippen molar-refractivity contribution in [3.8, 4) is 5.69 Å². The highest BCUT2D eigenvalue weighted by Gasteiger charge is 2.68. The number of cyclic esters (lactones) is 1. The summed E-state index contributed by atoms with van der Waals surface area (Å²) in [4.78, 5) is 16.2. The zero-order valence-electron chi connectivity index (χ0n) is 9.74. The van der Waals surface area contributed by atoms with E-state index in [1.807, 2.05) is 41.1 Å². The maximum absolute atomic E-state index is 11.8. The van der Waals surface area contributed by atoms with Crippen molar-refractivity contribution in [2.24, 2.45) is 5.92 Å². The van der Waals surface area contributed by atoms with Gasteiger partial charge in [-0.2, -0.15) is 0 Å². The number of rotatable bonds is 2. The Hall–Kier alpha value is -2.10. The van der Waals surface area contributed by atoms with Crippen LogP contribution in [0, 0.1) is 5.92 Å². The van der Waals surface area contributed by atoms with Crippen LogP contribution in [0.4, 0.5) is 0 Å². The van der Waals surface area contributed by atoms with Gasteiger partial charge < -0.3 is 9.30 Å². The molecule has 2 aromatic rings. The van der Waals surface area contributed by atoms with Gasteiger partial charge in [0, 0.05) is 17.8 Å². The zero-order valence-corrected chi connectivity index (χ0v) is 9.74. The van der Waals surface area contributed by atoms with E-state index >= 15 is 0 Å². The highest BCUT2D eigenvalue weighted by molar-refractivity contribution is 5.89. The number of fused-ring (bicyclic) bond motifs is 1. The van der Waals surface area contributed by atoms with Crippen molar-refractivity contribution >= 4 is 5.97 Å². The van der Waals surface area contributed by atoms with Crippen LogP contribution in [0.3, 0.4) is 0 Å². The van der Waals surface area contributed by atoms with Crippen molar-refractivity contribution in [1.82, 2.24) is 9.55 Å². The third-order valence-electron chi connectivity index (χ3n) is 3.98. The second-order valence-corrected chi connectivity index (χ2v) is 4.97. The largest absolute Gasteiger partial charge is 0.465 e. The first kappa shape index (κ1) is 9.88. The molecule has 1 aromatic carbocycles. The third kappa shape index (κ3) is 1.15. The van der Waals surface area contributed by atoms with Crippen LogP contribution >= 0.6 is 0 Å². The molecular weight excluding hydrogens is 228 g/mol. The molecule has 1 aliphatic carbocycles. The third-order valence-corrected chi connectivity index (χ3v) is 3.98. The van der Waals surface area contributed by atoms with Gasteiger partial charge in [-0.05, 0) is 18.6 Å². The summed E-state index contributed by atoms with van der Waals surface area (Å²) in [7, 11) is 0. The summed E-state index contributed by atoms with van der Waals surface area (Å²) in [6.45, 7) is 0.553. The van der Waals surface area contributed by atoms with Gasteiger partial charge >= 0.3 is 5.97 Å². The van der Waals surface area contributed by atoms with Crippen molar-refractivity contribution in [1.29, 1.82) is 0 Å². The number of carbonyl (C=O) groups excluding carboxylic acids is 1. The molecule has 1 saturated carbocycles. The highest BCUT2D eigenvalue weighted by Crippen LogP contribution is 2.58. The second-order valence-electron chi connectivity index (χ2n) is 4.97. The molecule has 1 aliphatic heterocycles. The van der Waals surface area contributed by atoms with Gasteiger partial charge in [0.05, 0.1) is 18.6 Å². The molecule has 0 radical (unpaired) electrons. The van der Waals surface area contributed by atoms with Crippen molar-refractivity contribution < 1.29 is 9.53 Å². The molecule has 2 fully saturated rings. The van der Waals surface area contributed by atoms with Gasteiger partial charge in [0.2, 0.25) is 0 Å². The van der Waals surface area contributed by atoms with Crippen LogP contribution in [-0.4, -0.2) is 22.1 Å². The zero-order chi connectivity index (χ0) is 12.2. The first-order valence-corrected chi connectivity index (χ1v) is 6.08. The van der Waals surface area contributed by atoms with Crippen molar-refractivity contribution in [2.45, 2.75) is 11.8 Å². The van der Waals surface area contributed by atoms with Gasteiger partial charge in [0.1, 0.15) is 5.41 Å². The molecule has 90 valence electrons. The van der Waals surface area contributed by atoms with E-state index in [2.05, 4.69) is 4.98 Å². The normalized spacial score (nSPS) is 28.9. The number of esters is 1. The molecule has 0 unspecified atom stereocenters. The lowest BCUT2D eigenvalue weighted by Gasteiger charge is -2.05. The van der Waals surface area contributed by atoms with E-state index in [-0.39, 0.29) is 5.97 Å². The number of carbonyl (C=O) groups is 1. The van der Waals surface area contributed by atoms with Crippen LogP contribution in [-0.2, 0) is 14.9 Å². The maximum Gasteiger partial charge on any atom is 0.318 e. The van der Waals surface area contributed by atoms with Gasteiger partial charge in [-0.15, -0.1) is 0 Å². The molecule has 0 amide bonds. The molecule has 4 rings (SSSR count). The van der Waals surface area contributed by atoms with Crippen molar-refractivity contribution in [2.75, 3.05) is 6.61 Å². The van der Waals surface area contributed by atoms with Crippen LogP contribution < -0.4 is 0 Å². The van der Waals surface area contributed by atoms with Gasteiger partial charge in [-0.1, -0.05) is 18.2 Å². The van der Waals surface area contributed by atoms with Crippen LogP contribution in [0.5, 0.6) is 0 Å². The lowest BCUT2D eigenvalue weighted by molar-refractivity contribution is -0.142. The van der Waals surface area contributed by atoms with E-state index in [1.165, 1.54) is 0 Å². The van der Waals surface area contributed by atoms with Gasteiger partial charge in [-0.3, -0.25) is 4.79 Å². The lowest BCUT2D eigenvalue weighted by atomic mass is 10.0. The van der Waals surface area contributed by atoms with Crippen LogP contribution in [0.15, 0.2) is 42.9 Å². The summed E-state index contributed by atoms with van der Waals surface area (Å²) in [5.41, 5.74) is 1.47. The first-order valence-electron chi connectivity index (χ1n) is 6.08. The minimum Gasteiger partial charge on any atom is -0.465 e. The molecule has 0 bridgehead atoms. The summed E-state index contributed by atoms with van der Waals surface area (Å²) < 4.78 is 7.05. The minimum absolute atomic E-state index is 0.106. The summed E-state index contributed by atoms with van der Waals surface area (Å²) in [6.07, 6.45) is 4.60. The number of aromatic nitrogens is 2. The monoisotopic (exact) mass is 240 g/mol. The SMILES string of the molecule is O=C1OC[C@H]2C[C@@]12c1cn(-c2ccccc2)cn1. The van der Waals surface area contributed by atoms with E-state index in [0.29, 0.717) is 12.5 Å². The number of hydrogen-bond acceptors (Lipinski definition) is 3. The van der Waals surface area contributed by atoms with E-state index in [4.69, 9.17) is 4.74 Å². The predicted octanol–water partition coefficient (Wildman–Crippen LogP) is 1.69.